The number of nitrogens with two attached hydrogens (primary N) is 2. The van der Waals surface area contributed by atoms with E-state index in [1.807, 2.05) is 18.2 Å². The van der Waals surface area contributed by atoms with Crippen LogP contribution in [0.25, 0.3) is 0 Å². The van der Waals surface area contributed by atoms with Gasteiger partial charge in [0.15, 0.2) is 0 Å². The minimum Gasteiger partial charge on any atom is -0.497 e. The lowest BCUT2D eigenvalue weighted by Gasteiger charge is -2.06. The highest BCUT2D eigenvalue weighted by Gasteiger charge is 1.99. The van der Waals surface area contributed by atoms with Crippen molar-refractivity contribution in [2.75, 3.05) is 14.2 Å². The Morgan fingerprint density at radius 2 is 1.62 bits per heavy atom. The zero-order chi connectivity index (χ0) is 12.6. The Kier molecular flexibility index (Phi) is 6.46. The van der Waals surface area contributed by atoms with Crippen LogP contribution in [0.2, 0.25) is 0 Å². The Morgan fingerprint density at radius 1 is 1.25 bits per heavy atom. The van der Waals surface area contributed by atoms with Gasteiger partial charge < -0.3 is 26.0 Å². The minimum atomic E-state index is -1.33. The fourth-order valence-corrected chi connectivity index (χ4v) is 0.984. The first kappa shape index (κ1) is 14.1. The number of rotatable bonds is 3. The van der Waals surface area contributed by atoms with Crippen LogP contribution in [0.5, 0.6) is 11.5 Å². The van der Waals surface area contributed by atoms with E-state index in [9.17, 15) is 0 Å². The van der Waals surface area contributed by atoms with Gasteiger partial charge in [-0.3, -0.25) is 0 Å². The van der Waals surface area contributed by atoms with Gasteiger partial charge in [0.1, 0.15) is 11.5 Å². The first-order valence-corrected chi connectivity index (χ1v) is 4.44. The van der Waals surface area contributed by atoms with Gasteiger partial charge >= 0.3 is 6.09 Å². The second-order valence-electron chi connectivity index (χ2n) is 2.76. The third kappa shape index (κ3) is 5.71. The molecular weight excluding hydrogens is 212 g/mol. The van der Waals surface area contributed by atoms with Crippen molar-refractivity contribution in [1.82, 2.24) is 0 Å². The Bertz CT molecular complexity index is 282. The summed E-state index contributed by atoms with van der Waals surface area (Å²) in [6.07, 6.45) is -1.33. The summed E-state index contributed by atoms with van der Waals surface area (Å²) in [5.74, 6) is 1.55. The van der Waals surface area contributed by atoms with Crippen LogP contribution >= 0.6 is 0 Å². The van der Waals surface area contributed by atoms with Gasteiger partial charge in [-0.15, -0.1) is 0 Å². The van der Waals surface area contributed by atoms with Crippen LogP contribution in [-0.4, -0.2) is 25.4 Å². The van der Waals surface area contributed by atoms with Crippen LogP contribution in [0, 0.1) is 0 Å². The lowest BCUT2D eigenvalue weighted by molar-refractivity contribution is 0.205. The van der Waals surface area contributed by atoms with E-state index in [0.717, 1.165) is 17.1 Å². The van der Waals surface area contributed by atoms with Crippen LogP contribution < -0.4 is 20.9 Å². The van der Waals surface area contributed by atoms with Gasteiger partial charge in [-0.1, -0.05) is 0 Å². The predicted octanol–water partition coefficient (Wildman–Crippen LogP) is 0.786. The van der Waals surface area contributed by atoms with E-state index in [0.29, 0.717) is 6.54 Å². The SMILES string of the molecule is COc1cc(CN)cc(OC)c1.NC(=O)O. The van der Waals surface area contributed by atoms with Gasteiger partial charge in [0.25, 0.3) is 0 Å². The molecular formula is C10H16N2O4. The molecule has 0 saturated carbocycles. The molecule has 90 valence electrons. The summed E-state index contributed by atoms with van der Waals surface area (Å²) in [5.41, 5.74) is 10.5. The maximum Gasteiger partial charge on any atom is 0.402 e. The Balaban J connectivity index is 0.000000487. The highest BCUT2D eigenvalue weighted by molar-refractivity contribution is 5.61. The number of carbonyl (C=O) groups is 1. The highest BCUT2D eigenvalue weighted by atomic mass is 16.5. The number of amides is 1. The summed E-state index contributed by atoms with van der Waals surface area (Å²) < 4.78 is 10.1. The van der Waals surface area contributed by atoms with Crippen LogP contribution in [0.4, 0.5) is 4.79 Å². The molecule has 0 aliphatic rings. The van der Waals surface area contributed by atoms with Crippen molar-refractivity contribution in [2.24, 2.45) is 11.5 Å². The average Bonchev–Trinajstić information content (AvgIpc) is 2.27. The van der Waals surface area contributed by atoms with E-state index in [2.05, 4.69) is 5.73 Å². The van der Waals surface area contributed by atoms with E-state index in [1.165, 1.54) is 0 Å². The normalized spacial score (nSPS) is 8.69. The lowest BCUT2D eigenvalue weighted by atomic mass is 10.2. The third-order valence-corrected chi connectivity index (χ3v) is 1.65. The number of ether oxygens (including phenoxy) is 2. The first-order chi connectivity index (χ1) is 7.53. The van der Waals surface area contributed by atoms with E-state index in [1.54, 1.807) is 14.2 Å². The number of hydrogen-bond acceptors (Lipinski definition) is 4. The van der Waals surface area contributed by atoms with E-state index in [4.69, 9.17) is 25.1 Å². The number of carboxylic acid groups (broad SMARTS) is 1. The van der Waals surface area contributed by atoms with Gasteiger partial charge in [-0.05, 0) is 17.7 Å². The highest BCUT2D eigenvalue weighted by Crippen LogP contribution is 2.21. The van der Waals surface area contributed by atoms with Crippen molar-refractivity contribution in [3.05, 3.63) is 23.8 Å². The van der Waals surface area contributed by atoms with Crippen LogP contribution in [0.15, 0.2) is 18.2 Å². The second-order valence-corrected chi connectivity index (χ2v) is 2.76. The van der Waals surface area contributed by atoms with Gasteiger partial charge in [0.05, 0.1) is 14.2 Å². The molecule has 0 aliphatic heterocycles. The molecule has 0 radical (unpaired) electrons. The smallest absolute Gasteiger partial charge is 0.402 e. The number of hydrogen-bond donors (Lipinski definition) is 3. The topological polar surface area (TPSA) is 108 Å². The molecule has 1 rings (SSSR count). The van der Waals surface area contributed by atoms with Crippen LogP contribution in [-0.2, 0) is 6.54 Å². The van der Waals surface area contributed by atoms with E-state index < -0.39 is 6.09 Å². The lowest BCUT2D eigenvalue weighted by Crippen LogP contribution is -2.03. The molecule has 1 aromatic carbocycles. The molecule has 1 aromatic rings. The molecule has 5 N–H and O–H groups in total. The maximum atomic E-state index is 8.78. The molecule has 6 heteroatoms. The van der Waals surface area contributed by atoms with E-state index in [-0.39, 0.29) is 0 Å². The summed E-state index contributed by atoms with van der Waals surface area (Å²) in [5, 5.41) is 7.19. The molecule has 6 nitrogen and oxygen atoms in total. The van der Waals surface area contributed by atoms with Crippen molar-refractivity contribution in [3.63, 3.8) is 0 Å². The van der Waals surface area contributed by atoms with Crippen molar-refractivity contribution in [1.29, 1.82) is 0 Å². The molecule has 0 atom stereocenters. The molecule has 16 heavy (non-hydrogen) atoms. The Labute approximate surface area is 93.8 Å². The Hall–Kier alpha value is -1.95. The summed E-state index contributed by atoms with van der Waals surface area (Å²) in [6.45, 7) is 0.494. The molecule has 0 aliphatic carbocycles. The molecule has 0 unspecified atom stereocenters. The molecule has 0 heterocycles. The average molecular weight is 228 g/mol. The molecule has 1 amide bonds. The van der Waals surface area contributed by atoms with Crippen LogP contribution in [0.3, 0.4) is 0 Å². The largest absolute Gasteiger partial charge is 0.497 e. The number of primary amides is 1. The van der Waals surface area contributed by atoms with Crippen molar-refractivity contribution >= 4 is 6.09 Å². The molecule has 0 aromatic heterocycles. The molecule has 0 fully saturated rings. The fraction of sp³-hybridized carbons (Fsp3) is 0.300. The monoisotopic (exact) mass is 228 g/mol. The third-order valence-electron chi connectivity index (χ3n) is 1.65. The quantitative estimate of drug-likeness (QED) is 0.708. The van der Waals surface area contributed by atoms with Crippen molar-refractivity contribution < 1.29 is 19.4 Å². The predicted molar refractivity (Wildman–Crippen MR) is 59.6 cm³/mol. The molecule has 0 spiro atoms. The second kappa shape index (κ2) is 7.36. The number of benzene rings is 1. The van der Waals surface area contributed by atoms with Crippen molar-refractivity contribution in [3.8, 4) is 11.5 Å². The van der Waals surface area contributed by atoms with Gasteiger partial charge in [0, 0.05) is 12.6 Å². The standard InChI is InChI=1S/C9H13NO2.CH3NO2/c1-11-8-3-7(6-10)4-9(5-8)12-2;2-1(3)4/h3-5H,6,10H2,1-2H3;2H2,(H,3,4). The Morgan fingerprint density at radius 3 is 1.88 bits per heavy atom. The van der Waals surface area contributed by atoms with Crippen LogP contribution in [0.1, 0.15) is 5.56 Å². The summed E-state index contributed by atoms with van der Waals surface area (Å²) in [7, 11) is 3.24. The van der Waals surface area contributed by atoms with E-state index >= 15 is 0 Å². The summed E-state index contributed by atoms with van der Waals surface area (Å²) in [4.78, 5) is 8.78. The van der Waals surface area contributed by atoms with Gasteiger partial charge in [-0.25, -0.2) is 4.79 Å². The molecule has 0 bridgehead atoms. The van der Waals surface area contributed by atoms with Crippen molar-refractivity contribution in [2.45, 2.75) is 6.54 Å². The maximum absolute atomic E-state index is 8.78. The summed E-state index contributed by atoms with van der Waals surface area (Å²) in [6, 6.07) is 5.60. The van der Waals surface area contributed by atoms with Gasteiger partial charge in [0.2, 0.25) is 0 Å². The zero-order valence-electron chi connectivity index (χ0n) is 9.27. The minimum absolute atomic E-state index is 0.494. The summed E-state index contributed by atoms with van der Waals surface area (Å²) >= 11 is 0. The van der Waals surface area contributed by atoms with Gasteiger partial charge in [-0.2, -0.15) is 0 Å². The molecule has 0 saturated heterocycles. The number of methoxy groups -OCH3 is 2. The fourth-order valence-electron chi connectivity index (χ4n) is 0.984. The zero-order valence-corrected chi connectivity index (χ0v) is 9.27. The first-order valence-electron chi connectivity index (χ1n) is 4.44.